The summed E-state index contributed by atoms with van der Waals surface area (Å²) in [7, 11) is 1.64. The second-order valence-electron chi connectivity index (χ2n) is 5.01. The number of nitrogens with zero attached hydrogens (tertiary/aromatic N) is 1. The number of ether oxygens (including phenoxy) is 1. The fraction of sp³-hybridized carbons (Fsp3) is 0.353. The first-order valence-electron chi connectivity index (χ1n) is 7.04. The number of nitrogens with one attached hydrogen (secondary N) is 1. The fourth-order valence-corrected chi connectivity index (χ4v) is 2.09. The molecule has 0 amide bonds. The van der Waals surface area contributed by atoms with Crippen molar-refractivity contribution in [3.05, 3.63) is 59.8 Å². The summed E-state index contributed by atoms with van der Waals surface area (Å²) < 4.78 is 5.13. The van der Waals surface area contributed by atoms with E-state index < -0.39 is 0 Å². The number of hydrogen-bond donors (Lipinski definition) is 1. The minimum atomic E-state index is 0.481. The molecular formula is C17H22N2O. The van der Waals surface area contributed by atoms with Crippen molar-refractivity contribution in [2.75, 3.05) is 7.11 Å². The van der Waals surface area contributed by atoms with E-state index >= 15 is 0 Å². The van der Waals surface area contributed by atoms with E-state index in [1.807, 2.05) is 12.1 Å². The van der Waals surface area contributed by atoms with Crippen LogP contribution in [0.1, 0.15) is 24.5 Å². The maximum Gasteiger partial charge on any atom is 0.213 e. The highest BCUT2D eigenvalue weighted by Gasteiger charge is 2.03. The zero-order valence-corrected chi connectivity index (χ0v) is 12.2. The van der Waals surface area contributed by atoms with Crippen molar-refractivity contribution in [2.24, 2.45) is 0 Å². The topological polar surface area (TPSA) is 34.1 Å². The Kier molecular flexibility index (Phi) is 5.56. The first-order chi connectivity index (χ1) is 9.78. The second-order valence-corrected chi connectivity index (χ2v) is 5.01. The lowest BCUT2D eigenvalue weighted by Gasteiger charge is -2.14. The molecule has 0 radical (unpaired) electrons. The summed E-state index contributed by atoms with van der Waals surface area (Å²) >= 11 is 0. The Bertz CT molecular complexity index is 513. The molecule has 2 aromatic rings. The van der Waals surface area contributed by atoms with E-state index in [0.29, 0.717) is 11.9 Å². The second kappa shape index (κ2) is 7.65. The average molecular weight is 270 g/mol. The van der Waals surface area contributed by atoms with Gasteiger partial charge in [0.1, 0.15) is 0 Å². The molecule has 3 heteroatoms. The number of rotatable bonds is 7. The molecule has 106 valence electrons. The average Bonchev–Trinajstić information content (AvgIpc) is 2.52. The van der Waals surface area contributed by atoms with Crippen LogP contribution in [-0.2, 0) is 13.0 Å². The van der Waals surface area contributed by atoms with E-state index in [1.54, 1.807) is 13.3 Å². The largest absolute Gasteiger partial charge is 0.481 e. The number of hydrogen-bond acceptors (Lipinski definition) is 3. The predicted molar refractivity (Wildman–Crippen MR) is 81.9 cm³/mol. The lowest BCUT2D eigenvalue weighted by atomic mass is 10.1. The Morgan fingerprint density at radius 3 is 2.70 bits per heavy atom. The van der Waals surface area contributed by atoms with Gasteiger partial charge in [0.25, 0.3) is 0 Å². The molecule has 20 heavy (non-hydrogen) atoms. The number of benzene rings is 1. The van der Waals surface area contributed by atoms with Crippen LogP contribution in [0.15, 0.2) is 48.7 Å². The van der Waals surface area contributed by atoms with Gasteiger partial charge in [-0.3, -0.25) is 0 Å². The van der Waals surface area contributed by atoms with Gasteiger partial charge in [0.05, 0.1) is 7.11 Å². The van der Waals surface area contributed by atoms with Gasteiger partial charge in [0.2, 0.25) is 5.88 Å². The molecular weight excluding hydrogens is 248 g/mol. The summed E-state index contributed by atoms with van der Waals surface area (Å²) in [6.07, 6.45) is 4.02. The standard InChI is InChI=1S/C17H22N2O/c1-14(8-9-15-6-4-3-5-7-15)19-13-16-10-11-18-17(12-16)20-2/h3-7,10-12,14,19H,8-9,13H2,1-2H3. The predicted octanol–water partition coefficient (Wildman–Crippen LogP) is 3.20. The van der Waals surface area contributed by atoms with Gasteiger partial charge < -0.3 is 10.1 Å². The first-order valence-corrected chi connectivity index (χ1v) is 7.04. The molecule has 1 aromatic heterocycles. The fourth-order valence-electron chi connectivity index (χ4n) is 2.09. The molecule has 0 aliphatic rings. The van der Waals surface area contributed by atoms with Crippen LogP contribution in [0.2, 0.25) is 0 Å². The molecule has 1 aromatic carbocycles. The zero-order valence-electron chi connectivity index (χ0n) is 12.2. The molecule has 1 atom stereocenters. The Labute approximate surface area is 121 Å². The van der Waals surface area contributed by atoms with Gasteiger partial charge in [-0.1, -0.05) is 30.3 Å². The third kappa shape index (κ3) is 4.67. The van der Waals surface area contributed by atoms with Crippen LogP contribution in [0.4, 0.5) is 0 Å². The van der Waals surface area contributed by atoms with Crippen LogP contribution in [0.3, 0.4) is 0 Å². The smallest absolute Gasteiger partial charge is 0.213 e. The maximum atomic E-state index is 5.13. The van der Waals surface area contributed by atoms with Crippen LogP contribution in [0.5, 0.6) is 5.88 Å². The Hall–Kier alpha value is -1.87. The third-order valence-corrected chi connectivity index (χ3v) is 3.37. The quantitative estimate of drug-likeness (QED) is 0.839. The highest BCUT2D eigenvalue weighted by atomic mass is 16.5. The normalized spacial score (nSPS) is 12.1. The molecule has 3 nitrogen and oxygen atoms in total. The van der Waals surface area contributed by atoms with Gasteiger partial charge in [0.15, 0.2) is 0 Å². The molecule has 0 spiro atoms. The monoisotopic (exact) mass is 270 g/mol. The van der Waals surface area contributed by atoms with E-state index in [-0.39, 0.29) is 0 Å². The van der Waals surface area contributed by atoms with Crippen molar-refractivity contribution in [1.82, 2.24) is 10.3 Å². The summed E-state index contributed by atoms with van der Waals surface area (Å²) in [4.78, 5) is 4.11. The molecule has 0 bridgehead atoms. The van der Waals surface area contributed by atoms with E-state index in [0.717, 1.165) is 19.4 Å². The number of aryl methyl sites for hydroxylation is 1. The molecule has 2 rings (SSSR count). The van der Waals surface area contributed by atoms with Crippen molar-refractivity contribution >= 4 is 0 Å². The molecule has 0 saturated carbocycles. The summed E-state index contributed by atoms with van der Waals surface area (Å²) in [5, 5.41) is 3.54. The van der Waals surface area contributed by atoms with Crippen LogP contribution >= 0.6 is 0 Å². The number of pyridine rings is 1. The molecule has 0 aliphatic heterocycles. The van der Waals surface area contributed by atoms with Crippen molar-refractivity contribution in [3.63, 3.8) is 0 Å². The molecule has 0 aliphatic carbocycles. The van der Waals surface area contributed by atoms with Gasteiger partial charge in [-0.2, -0.15) is 0 Å². The Morgan fingerprint density at radius 1 is 1.15 bits per heavy atom. The van der Waals surface area contributed by atoms with Crippen LogP contribution in [0.25, 0.3) is 0 Å². The maximum absolute atomic E-state index is 5.13. The Morgan fingerprint density at radius 2 is 1.95 bits per heavy atom. The van der Waals surface area contributed by atoms with Crippen LogP contribution in [-0.4, -0.2) is 18.1 Å². The summed E-state index contributed by atoms with van der Waals surface area (Å²) in [6, 6.07) is 15.1. The lowest BCUT2D eigenvalue weighted by molar-refractivity contribution is 0.396. The molecule has 1 unspecified atom stereocenters. The van der Waals surface area contributed by atoms with E-state index in [9.17, 15) is 0 Å². The first kappa shape index (κ1) is 14.5. The molecule has 0 fully saturated rings. The van der Waals surface area contributed by atoms with Crippen molar-refractivity contribution in [3.8, 4) is 5.88 Å². The van der Waals surface area contributed by atoms with Gasteiger partial charge in [0, 0.05) is 24.8 Å². The highest BCUT2D eigenvalue weighted by molar-refractivity contribution is 5.20. The van der Waals surface area contributed by atoms with Gasteiger partial charge in [-0.25, -0.2) is 4.98 Å². The number of aromatic nitrogens is 1. The minimum absolute atomic E-state index is 0.481. The Balaban J connectivity index is 1.75. The summed E-state index contributed by atoms with van der Waals surface area (Å²) in [5.41, 5.74) is 2.59. The van der Waals surface area contributed by atoms with Crippen LogP contribution in [0, 0.1) is 0 Å². The van der Waals surface area contributed by atoms with Crippen molar-refractivity contribution < 1.29 is 4.74 Å². The SMILES string of the molecule is COc1cc(CNC(C)CCc2ccccc2)ccn1. The molecule has 1 heterocycles. The van der Waals surface area contributed by atoms with Gasteiger partial charge >= 0.3 is 0 Å². The molecule has 1 N–H and O–H groups in total. The van der Waals surface area contributed by atoms with Crippen LogP contribution < -0.4 is 10.1 Å². The van der Waals surface area contributed by atoms with Crippen molar-refractivity contribution in [2.45, 2.75) is 32.4 Å². The van der Waals surface area contributed by atoms with E-state index in [1.165, 1.54) is 11.1 Å². The zero-order chi connectivity index (χ0) is 14.2. The van der Waals surface area contributed by atoms with E-state index in [4.69, 9.17) is 4.74 Å². The van der Waals surface area contributed by atoms with Gasteiger partial charge in [-0.05, 0) is 37.0 Å². The molecule has 0 saturated heterocycles. The van der Waals surface area contributed by atoms with Gasteiger partial charge in [-0.15, -0.1) is 0 Å². The highest BCUT2D eigenvalue weighted by Crippen LogP contribution is 2.09. The third-order valence-electron chi connectivity index (χ3n) is 3.37. The number of methoxy groups -OCH3 is 1. The lowest BCUT2D eigenvalue weighted by Crippen LogP contribution is -2.26. The summed E-state index contributed by atoms with van der Waals surface area (Å²) in [5.74, 6) is 0.668. The minimum Gasteiger partial charge on any atom is -0.481 e. The van der Waals surface area contributed by atoms with E-state index in [2.05, 4.69) is 47.6 Å². The summed E-state index contributed by atoms with van der Waals surface area (Å²) in [6.45, 7) is 3.07. The van der Waals surface area contributed by atoms with Crippen molar-refractivity contribution in [1.29, 1.82) is 0 Å².